The molecule has 0 aliphatic carbocycles. The van der Waals surface area contributed by atoms with E-state index in [1.807, 2.05) is 18.2 Å². The van der Waals surface area contributed by atoms with Crippen LogP contribution in [0, 0.1) is 11.8 Å². The second-order valence-electron chi connectivity index (χ2n) is 13.2. The summed E-state index contributed by atoms with van der Waals surface area (Å²) in [6.07, 6.45) is 7.91. The van der Waals surface area contributed by atoms with Crippen LogP contribution in [-0.2, 0) is 15.9 Å². The zero-order valence-corrected chi connectivity index (χ0v) is 23.0. The van der Waals surface area contributed by atoms with E-state index in [4.69, 9.17) is 4.74 Å². The van der Waals surface area contributed by atoms with Gasteiger partial charge in [-0.3, -0.25) is 9.80 Å². The Morgan fingerprint density at radius 1 is 0.789 bits per heavy atom. The summed E-state index contributed by atoms with van der Waals surface area (Å²) < 4.78 is 7.14. The van der Waals surface area contributed by atoms with Crippen LogP contribution in [0.1, 0.15) is 76.3 Å². The van der Waals surface area contributed by atoms with Crippen LogP contribution in [-0.4, -0.2) is 63.1 Å². The Hall–Kier alpha value is -1.76. The maximum absolute atomic E-state index is 12.6. The average Bonchev–Trinajstić information content (AvgIpc) is 3.66. The molecule has 2 aromatic carbocycles. The molecule has 5 nitrogen and oxygen atoms in total. The monoisotopic (exact) mass is 516 g/mol. The number of rotatable bonds is 4. The molecule has 5 aliphatic rings. The first kappa shape index (κ1) is 25.2. The van der Waals surface area contributed by atoms with Crippen LogP contribution in [0.15, 0.2) is 60.7 Å². The molecule has 0 radical (unpaired) electrons. The highest BCUT2D eigenvalue weighted by atomic mass is 16.6. The van der Waals surface area contributed by atoms with E-state index in [-0.39, 0.29) is 18.0 Å². The van der Waals surface area contributed by atoms with Gasteiger partial charge in [-0.2, -0.15) is 0 Å². The zero-order valence-electron chi connectivity index (χ0n) is 23.0. The number of nitrogens with zero attached hydrogens (tertiary/aromatic N) is 2. The van der Waals surface area contributed by atoms with Crippen molar-refractivity contribution in [2.45, 2.75) is 106 Å². The maximum atomic E-state index is 12.6. The zero-order chi connectivity index (χ0) is 26.1. The molecule has 7 rings (SSSR count). The summed E-state index contributed by atoms with van der Waals surface area (Å²) in [6, 6.07) is 21.9. The van der Waals surface area contributed by atoms with Crippen LogP contribution >= 0.6 is 0 Å². The predicted octanol–water partition coefficient (Wildman–Crippen LogP) is 5.01. The Morgan fingerprint density at radius 2 is 1.37 bits per heavy atom. The third-order valence-electron chi connectivity index (χ3n) is 11.2. The first-order chi connectivity index (χ1) is 18.3. The Bertz CT molecular complexity index is 1150. The number of fused-ring (bicyclic) bond motifs is 4. The molecule has 38 heavy (non-hydrogen) atoms. The normalized spacial score (nSPS) is 45.1. The average molecular weight is 517 g/mol. The van der Waals surface area contributed by atoms with Crippen LogP contribution in [0.5, 0.6) is 0 Å². The Morgan fingerprint density at radius 3 is 2.05 bits per heavy atom. The van der Waals surface area contributed by atoms with Crippen molar-refractivity contribution in [3.8, 4) is 0 Å². The van der Waals surface area contributed by atoms with Crippen molar-refractivity contribution in [2.24, 2.45) is 11.8 Å². The van der Waals surface area contributed by atoms with Gasteiger partial charge in [0.05, 0.1) is 0 Å². The summed E-state index contributed by atoms with van der Waals surface area (Å²) in [7, 11) is 0. The lowest BCUT2D eigenvalue weighted by Crippen LogP contribution is -2.62. The third kappa shape index (κ3) is 3.62. The molecule has 2 N–H and O–H groups in total. The second kappa shape index (κ2) is 9.14. The van der Waals surface area contributed by atoms with Crippen molar-refractivity contribution in [3.05, 3.63) is 71.8 Å². The van der Waals surface area contributed by atoms with Crippen molar-refractivity contribution in [1.29, 1.82) is 0 Å². The molecule has 5 heteroatoms. The molecule has 9 atom stereocenters. The fourth-order valence-corrected chi connectivity index (χ4v) is 9.58. The molecule has 204 valence electrons. The lowest BCUT2D eigenvalue weighted by Gasteiger charge is -2.54. The summed E-state index contributed by atoms with van der Waals surface area (Å²) >= 11 is 0. The molecule has 0 amide bonds. The highest BCUT2D eigenvalue weighted by Crippen LogP contribution is 2.59. The van der Waals surface area contributed by atoms with Crippen molar-refractivity contribution < 1.29 is 14.9 Å². The van der Waals surface area contributed by atoms with Crippen molar-refractivity contribution in [1.82, 2.24) is 9.80 Å². The van der Waals surface area contributed by atoms with E-state index < -0.39 is 17.0 Å². The van der Waals surface area contributed by atoms with E-state index in [1.165, 1.54) is 24.8 Å². The summed E-state index contributed by atoms with van der Waals surface area (Å²) in [6.45, 7) is 6.60. The molecule has 0 bridgehead atoms. The van der Waals surface area contributed by atoms with Crippen LogP contribution in [0.2, 0.25) is 0 Å². The minimum absolute atomic E-state index is 0.103. The summed E-state index contributed by atoms with van der Waals surface area (Å²) in [5.41, 5.74) is 0.587. The molecule has 0 spiro atoms. The maximum Gasteiger partial charge on any atom is 0.169 e. The Labute approximate surface area is 227 Å². The summed E-state index contributed by atoms with van der Waals surface area (Å²) in [5.74, 6) is -0.892. The lowest BCUT2D eigenvalue weighted by molar-refractivity contribution is -0.270. The van der Waals surface area contributed by atoms with E-state index in [0.29, 0.717) is 30.8 Å². The van der Waals surface area contributed by atoms with E-state index in [2.05, 4.69) is 66.1 Å². The first-order valence-electron chi connectivity index (χ1n) is 15.1. The van der Waals surface area contributed by atoms with Gasteiger partial charge < -0.3 is 14.9 Å². The molecule has 5 heterocycles. The van der Waals surface area contributed by atoms with Gasteiger partial charge in [0.25, 0.3) is 0 Å². The number of piperidine rings is 2. The fraction of sp³-hybridized carbons (Fsp3) is 0.636. The molecule has 5 saturated heterocycles. The molecule has 0 saturated carbocycles. The number of aliphatic hydroxyl groups is 2. The minimum Gasteiger partial charge on any atom is -0.383 e. The van der Waals surface area contributed by atoms with E-state index in [1.54, 1.807) is 0 Å². The quantitative estimate of drug-likeness (QED) is 0.598. The number of ether oxygens (including phenoxy) is 1. The topological polar surface area (TPSA) is 56.2 Å². The van der Waals surface area contributed by atoms with Crippen molar-refractivity contribution in [2.75, 3.05) is 13.1 Å². The van der Waals surface area contributed by atoms with Crippen molar-refractivity contribution in [3.63, 3.8) is 0 Å². The molecule has 9 unspecified atom stereocenters. The van der Waals surface area contributed by atoms with Gasteiger partial charge in [0, 0.05) is 37.0 Å². The van der Waals surface area contributed by atoms with E-state index in [9.17, 15) is 10.2 Å². The SMILES string of the molecule is CC1CC2CCCN2C(CC2(O)CC3N4CCCC4CC(C)C3(c3ccccc3)O2)C1(O)c1ccccc1. The van der Waals surface area contributed by atoms with Crippen molar-refractivity contribution >= 4 is 0 Å². The highest BCUT2D eigenvalue weighted by molar-refractivity contribution is 5.32. The highest BCUT2D eigenvalue weighted by Gasteiger charge is 2.66. The van der Waals surface area contributed by atoms with Crippen LogP contribution in [0.4, 0.5) is 0 Å². The third-order valence-corrected chi connectivity index (χ3v) is 11.2. The van der Waals surface area contributed by atoms with Gasteiger partial charge in [-0.25, -0.2) is 0 Å². The molecule has 5 fully saturated rings. The Kier molecular flexibility index (Phi) is 6.07. The van der Waals surface area contributed by atoms with Gasteiger partial charge in [-0.1, -0.05) is 74.5 Å². The van der Waals surface area contributed by atoms with E-state index in [0.717, 1.165) is 37.9 Å². The fourth-order valence-electron chi connectivity index (χ4n) is 9.58. The van der Waals surface area contributed by atoms with Gasteiger partial charge in [0.15, 0.2) is 5.79 Å². The van der Waals surface area contributed by atoms with Gasteiger partial charge in [-0.15, -0.1) is 0 Å². The predicted molar refractivity (Wildman–Crippen MR) is 148 cm³/mol. The van der Waals surface area contributed by atoms with Crippen LogP contribution < -0.4 is 0 Å². The minimum atomic E-state index is -1.30. The van der Waals surface area contributed by atoms with Crippen LogP contribution in [0.3, 0.4) is 0 Å². The van der Waals surface area contributed by atoms with Gasteiger partial charge in [-0.05, 0) is 74.6 Å². The molecule has 2 aromatic rings. The van der Waals surface area contributed by atoms with Crippen LogP contribution in [0.25, 0.3) is 0 Å². The molecule has 0 aromatic heterocycles. The first-order valence-corrected chi connectivity index (χ1v) is 15.1. The second-order valence-corrected chi connectivity index (χ2v) is 13.2. The molecule has 5 aliphatic heterocycles. The molecular weight excluding hydrogens is 472 g/mol. The van der Waals surface area contributed by atoms with Gasteiger partial charge >= 0.3 is 0 Å². The van der Waals surface area contributed by atoms with Gasteiger partial charge in [0.1, 0.15) is 11.2 Å². The smallest absolute Gasteiger partial charge is 0.169 e. The molecular formula is C33H44N2O3. The lowest BCUT2D eigenvalue weighted by atomic mass is 9.68. The van der Waals surface area contributed by atoms with E-state index >= 15 is 0 Å². The summed E-state index contributed by atoms with van der Waals surface area (Å²) in [4.78, 5) is 5.18. The van der Waals surface area contributed by atoms with Gasteiger partial charge in [0.2, 0.25) is 0 Å². The Balaban J connectivity index is 1.30. The number of hydrogen-bond donors (Lipinski definition) is 2. The largest absolute Gasteiger partial charge is 0.383 e. The summed E-state index contributed by atoms with van der Waals surface area (Å²) in [5, 5.41) is 25.2. The number of hydrogen-bond acceptors (Lipinski definition) is 5. The number of benzene rings is 2. The standard InChI is InChI=1S/C33H44N2O3/c1-23-19-27-15-9-17-34(27)29(32(23,37)25-11-5-3-6-12-25)21-31(36)22-30-33(38-31,26-13-7-4-8-14-26)24(2)20-28-16-10-18-35(28)30/h3-8,11-14,23-24,27-30,36-37H,9-10,15-22H2,1-2H3.